The number of nitrogens with one attached hydrogen (secondary N) is 1. The molecule has 0 fully saturated rings. The summed E-state index contributed by atoms with van der Waals surface area (Å²) in [4.78, 5) is 12.2. The number of aliphatic hydroxyl groups is 1. The molecule has 0 atom stereocenters. The van der Waals surface area contributed by atoms with Gasteiger partial charge in [-0.3, -0.25) is 4.79 Å². The minimum absolute atomic E-state index is 0.0195. The fourth-order valence-electron chi connectivity index (χ4n) is 1.91. The summed E-state index contributed by atoms with van der Waals surface area (Å²) in [5.74, 6) is 0.314. The molecule has 0 aliphatic heterocycles. The molecule has 2 N–H and O–H groups in total. The zero-order valence-electron chi connectivity index (χ0n) is 11.5. The molecular formula is C14H20ClNO3. The third-order valence-electron chi connectivity index (χ3n) is 2.79. The Hall–Kier alpha value is -1.26. The van der Waals surface area contributed by atoms with Crippen molar-refractivity contribution in [3.63, 3.8) is 0 Å². The lowest BCUT2D eigenvalue weighted by Gasteiger charge is -2.17. The van der Waals surface area contributed by atoms with E-state index in [2.05, 4.69) is 5.32 Å². The Morgan fingerprint density at radius 3 is 2.68 bits per heavy atom. The predicted octanol–water partition coefficient (Wildman–Crippen LogP) is 2.33. The van der Waals surface area contributed by atoms with Crippen LogP contribution in [0, 0.1) is 6.92 Å². The molecule has 0 unspecified atom stereocenters. The van der Waals surface area contributed by atoms with Crippen LogP contribution < -0.4 is 10.1 Å². The maximum atomic E-state index is 12.2. The molecule has 4 nitrogen and oxygen atoms in total. The molecule has 1 amide bonds. The molecule has 0 aromatic heterocycles. The van der Waals surface area contributed by atoms with E-state index in [1.165, 1.54) is 0 Å². The zero-order chi connectivity index (χ0) is 14.4. The number of carbonyl (C=O) groups excluding carboxylic acids is 1. The highest BCUT2D eigenvalue weighted by Crippen LogP contribution is 2.33. The minimum atomic E-state index is -0.204. The smallest absolute Gasteiger partial charge is 0.255 e. The van der Waals surface area contributed by atoms with Gasteiger partial charge in [0.25, 0.3) is 5.91 Å². The highest BCUT2D eigenvalue weighted by molar-refractivity contribution is 6.32. The third-order valence-corrected chi connectivity index (χ3v) is 3.18. The van der Waals surface area contributed by atoms with Crippen molar-refractivity contribution in [2.75, 3.05) is 19.8 Å². The first-order valence-electron chi connectivity index (χ1n) is 6.40. The number of halogens is 1. The van der Waals surface area contributed by atoms with Crippen LogP contribution in [0.2, 0.25) is 5.02 Å². The maximum Gasteiger partial charge on any atom is 0.255 e. The second-order valence-corrected chi connectivity index (χ2v) is 4.52. The number of hydrogen-bond donors (Lipinski definition) is 2. The molecule has 0 spiro atoms. The van der Waals surface area contributed by atoms with Crippen molar-refractivity contribution >= 4 is 17.5 Å². The Labute approximate surface area is 118 Å². The SMILES string of the molecule is CCNC(=O)c1c(C)c(Cl)cc(CCO)c1OCC. The fraction of sp³-hybridized carbons (Fsp3) is 0.500. The van der Waals surface area contributed by atoms with Crippen LogP contribution in [0.1, 0.15) is 35.3 Å². The normalized spacial score (nSPS) is 10.4. The van der Waals surface area contributed by atoms with Crippen molar-refractivity contribution in [3.8, 4) is 5.75 Å². The first kappa shape index (κ1) is 15.8. The highest BCUT2D eigenvalue weighted by atomic mass is 35.5. The van der Waals surface area contributed by atoms with Crippen LogP contribution in [-0.4, -0.2) is 30.8 Å². The van der Waals surface area contributed by atoms with Gasteiger partial charge in [-0.05, 0) is 44.4 Å². The van der Waals surface area contributed by atoms with Gasteiger partial charge in [-0.25, -0.2) is 0 Å². The lowest BCUT2D eigenvalue weighted by molar-refractivity contribution is 0.0951. The van der Waals surface area contributed by atoms with E-state index < -0.39 is 0 Å². The third kappa shape index (κ3) is 3.61. The number of carbonyl (C=O) groups is 1. The average Bonchev–Trinajstić information content (AvgIpc) is 2.36. The molecule has 1 aromatic carbocycles. The van der Waals surface area contributed by atoms with Crippen LogP contribution in [0.15, 0.2) is 6.07 Å². The Morgan fingerprint density at radius 2 is 2.16 bits per heavy atom. The van der Waals surface area contributed by atoms with E-state index >= 15 is 0 Å². The van der Waals surface area contributed by atoms with E-state index in [0.717, 1.165) is 5.56 Å². The van der Waals surface area contributed by atoms with Gasteiger partial charge in [0.15, 0.2) is 0 Å². The molecule has 0 aliphatic rings. The summed E-state index contributed by atoms with van der Waals surface area (Å²) in [6.07, 6.45) is 0.405. The van der Waals surface area contributed by atoms with Crippen molar-refractivity contribution in [1.29, 1.82) is 0 Å². The molecule has 0 saturated heterocycles. The van der Waals surface area contributed by atoms with Gasteiger partial charge in [-0.1, -0.05) is 11.6 Å². The molecule has 0 saturated carbocycles. The van der Waals surface area contributed by atoms with Gasteiger partial charge in [0.1, 0.15) is 5.75 Å². The lowest BCUT2D eigenvalue weighted by Crippen LogP contribution is -2.25. The van der Waals surface area contributed by atoms with Crippen molar-refractivity contribution in [1.82, 2.24) is 5.32 Å². The second kappa shape index (κ2) is 7.36. The molecule has 0 bridgehead atoms. The van der Waals surface area contributed by atoms with Gasteiger partial charge < -0.3 is 15.2 Å². The average molecular weight is 286 g/mol. The molecule has 0 heterocycles. The summed E-state index contributed by atoms with van der Waals surface area (Å²) in [6, 6.07) is 1.75. The number of hydrogen-bond acceptors (Lipinski definition) is 3. The summed E-state index contributed by atoms with van der Waals surface area (Å²) < 4.78 is 5.59. The molecule has 5 heteroatoms. The van der Waals surface area contributed by atoms with Crippen LogP contribution in [0.25, 0.3) is 0 Å². The number of benzene rings is 1. The standard InChI is InChI=1S/C14H20ClNO3/c1-4-16-14(18)12-9(3)11(15)8-10(6-7-17)13(12)19-5-2/h8,17H,4-7H2,1-3H3,(H,16,18). The number of rotatable bonds is 6. The lowest BCUT2D eigenvalue weighted by atomic mass is 10.00. The van der Waals surface area contributed by atoms with Gasteiger partial charge >= 0.3 is 0 Å². The zero-order valence-corrected chi connectivity index (χ0v) is 12.3. The number of ether oxygens (including phenoxy) is 1. The molecule has 0 radical (unpaired) electrons. The quantitative estimate of drug-likeness (QED) is 0.843. The van der Waals surface area contributed by atoms with Crippen molar-refractivity contribution in [2.24, 2.45) is 0 Å². The summed E-state index contributed by atoms with van der Waals surface area (Å²) in [5.41, 5.74) is 1.90. The maximum absolute atomic E-state index is 12.2. The van der Waals surface area contributed by atoms with Crippen molar-refractivity contribution in [3.05, 3.63) is 27.8 Å². The largest absolute Gasteiger partial charge is 0.493 e. The Kier molecular flexibility index (Phi) is 6.12. The summed E-state index contributed by atoms with van der Waals surface area (Å²) in [7, 11) is 0. The van der Waals surface area contributed by atoms with E-state index in [0.29, 0.717) is 41.5 Å². The van der Waals surface area contributed by atoms with E-state index in [1.54, 1.807) is 13.0 Å². The van der Waals surface area contributed by atoms with E-state index in [1.807, 2.05) is 13.8 Å². The minimum Gasteiger partial charge on any atom is -0.493 e. The Bertz CT molecular complexity index is 460. The monoisotopic (exact) mass is 285 g/mol. The van der Waals surface area contributed by atoms with Gasteiger partial charge in [-0.15, -0.1) is 0 Å². The first-order chi connectivity index (χ1) is 9.06. The van der Waals surface area contributed by atoms with Crippen LogP contribution in [0.5, 0.6) is 5.75 Å². The second-order valence-electron chi connectivity index (χ2n) is 4.11. The molecular weight excluding hydrogens is 266 g/mol. The van der Waals surface area contributed by atoms with Gasteiger partial charge in [0, 0.05) is 18.2 Å². The topological polar surface area (TPSA) is 58.6 Å². The number of amides is 1. The Balaban J connectivity index is 3.41. The van der Waals surface area contributed by atoms with Gasteiger partial charge in [0.2, 0.25) is 0 Å². The van der Waals surface area contributed by atoms with E-state index in [9.17, 15) is 4.79 Å². The molecule has 0 aliphatic carbocycles. The first-order valence-corrected chi connectivity index (χ1v) is 6.78. The highest BCUT2D eigenvalue weighted by Gasteiger charge is 2.21. The molecule has 106 valence electrons. The summed E-state index contributed by atoms with van der Waals surface area (Å²) >= 11 is 6.15. The number of aliphatic hydroxyl groups excluding tert-OH is 1. The fourth-order valence-corrected chi connectivity index (χ4v) is 2.14. The van der Waals surface area contributed by atoms with Gasteiger partial charge in [0.05, 0.1) is 12.2 Å². The van der Waals surface area contributed by atoms with Crippen LogP contribution in [-0.2, 0) is 6.42 Å². The molecule has 1 aromatic rings. The van der Waals surface area contributed by atoms with Crippen LogP contribution >= 0.6 is 11.6 Å². The predicted molar refractivity (Wildman–Crippen MR) is 76.2 cm³/mol. The van der Waals surface area contributed by atoms with Crippen LogP contribution in [0.3, 0.4) is 0 Å². The van der Waals surface area contributed by atoms with Crippen LogP contribution in [0.4, 0.5) is 0 Å². The molecule has 1 rings (SSSR count). The Morgan fingerprint density at radius 1 is 1.47 bits per heavy atom. The van der Waals surface area contributed by atoms with Gasteiger partial charge in [-0.2, -0.15) is 0 Å². The summed E-state index contributed by atoms with van der Waals surface area (Å²) in [5, 5.41) is 12.4. The molecule has 19 heavy (non-hydrogen) atoms. The van der Waals surface area contributed by atoms with E-state index in [4.69, 9.17) is 21.4 Å². The van der Waals surface area contributed by atoms with E-state index in [-0.39, 0.29) is 12.5 Å². The summed E-state index contributed by atoms with van der Waals surface area (Å²) in [6.45, 7) is 6.46. The van der Waals surface area contributed by atoms with Crippen molar-refractivity contribution < 1.29 is 14.6 Å². The van der Waals surface area contributed by atoms with Crippen molar-refractivity contribution in [2.45, 2.75) is 27.2 Å².